The molecule has 4 heterocycles. The number of aliphatic hydroxyl groups is 10. The fourth-order valence-corrected chi connectivity index (χ4v) is 5.72. The summed E-state index contributed by atoms with van der Waals surface area (Å²) in [7, 11) is 0. The molecule has 0 bridgehead atoms. The lowest BCUT2D eigenvalue weighted by atomic mass is 9.96. The third-order valence-electron chi connectivity index (χ3n) is 8.74. The van der Waals surface area contributed by atoms with Gasteiger partial charge in [-0.05, 0) is 6.42 Å². The molecule has 0 aromatic carbocycles. The highest BCUT2D eigenvalue weighted by molar-refractivity contribution is 6.01. The Morgan fingerprint density at radius 3 is 1.81 bits per heavy atom. The van der Waals surface area contributed by atoms with Gasteiger partial charge in [-0.3, -0.25) is 14.4 Å². The standard InChI is InChI=1S/C29H46N2O21/c32-8-11-18(38)21(41)23(43)27(48-11)47-10-13-20(40)26(51-29-24(44)22(42)19(39)12(9-33)49-29)25(45)28(50-13)46-7-6-30-14(34)2-1-3-17(37)52-31-15(35)4-5-16(31)36/h11-13,18-29,32-33,38-45H,1-10H2,(H,30,34)/t11-,12-,13-,18-,19-,20-,21+,22+,23+,24+,25+,26+,27+,28+,29-/m1/s1. The smallest absolute Gasteiger partial charge is 0.333 e. The number of nitrogens with one attached hydrogen (secondary N) is 1. The van der Waals surface area contributed by atoms with Crippen LogP contribution in [0.3, 0.4) is 0 Å². The Morgan fingerprint density at radius 1 is 0.673 bits per heavy atom. The summed E-state index contributed by atoms with van der Waals surface area (Å²) in [5.41, 5.74) is 0. The summed E-state index contributed by atoms with van der Waals surface area (Å²) in [5.74, 6) is -2.69. The van der Waals surface area contributed by atoms with Crippen molar-refractivity contribution in [2.75, 3.05) is 33.0 Å². The van der Waals surface area contributed by atoms with E-state index < -0.39 is 136 Å². The lowest BCUT2D eigenvalue weighted by molar-refractivity contribution is -0.366. The highest BCUT2D eigenvalue weighted by Crippen LogP contribution is 2.31. The summed E-state index contributed by atoms with van der Waals surface area (Å²) in [4.78, 5) is 52.1. The molecule has 0 radical (unpaired) electrons. The molecule has 23 nitrogen and oxygen atoms in total. The van der Waals surface area contributed by atoms with Crippen molar-refractivity contribution >= 4 is 23.7 Å². The molecule has 3 amide bonds. The Kier molecular flexibility index (Phi) is 15.5. The number of amides is 3. The maximum Gasteiger partial charge on any atom is 0.333 e. The van der Waals surface area contributed by atoms with Crippen LogP contribution in [0.1, 0.15) is 32.1 Å². The summed E-state index contributed by atoms with van der Waals surface area (Å²) in [6, 6.07) is 0. The topological polar surface area (TPSA) is 350 Å². The second-order valence-corrected chi connectivity index (χ2v) is 12.5. The molecular formula is C29H46N2O21. The molecule has 0 saturated carbocycles. The van der Waals surface area contributed by atoms with E-state index in [1.54, 1.807) is 0 Å². The first-order chi connectivity index (χ1) is 24.7. The number of hydroxylamine groups is 2. The molecule has 0 aromatic rings. The van der Waals surface area contributed by atoms with Crippen molar-refractivity contribution in [1.82, 2.24) is 10.4 Å². The first-order valence-corrected chi connectivity index (χ1v) is 16.5. The molecular weight excluding hydrogens is 712 g/mol. The first-order valence-electron chi connectivity index (χ1n) is 16.5. The van der Waals surface area contributed by atoms with Crippen LogP contribution >= 0.6 is 0 Å². The quantitative estimate of drug-likeness (QED) is 0.0514. The van der Waals surface area contributed by atoms with Crippen molar-refractivity contribution in [2.45, 2.75) is 124 Å². The number of imide groups is 1. The fourth-order valence-electron chi connectivity index (χ4n) is 5.72. The number of aliphatic hydroxyl groups excluding tert-OH is 10. The lowest BCUT2D eigenvalue weighted by Crippen LogP contribution is -2.65. The minimum Gasteiger partial charge on any atom is -0.394 e. The van der Waals surface area contributed by atoms with Crippen molar-refractivity contribution in [2.24, 2.45) is 0 Å². The number of hydrogen-bond acceptors (Lipinski definition) is 21. The van der Waals surface area contributed by atoms with E-state index in [1.165, 1.54) is 0 Å². The highest BCUT2D eigenvalue weighted by Gasteiger charge is 2.52. The second-order valence-electron chi connectivity index (χ2n) is 12.5. The van der Waals surface area contributed by atoms with Gasteiger partial charge in [-0.15, -0.1) is 5.06 Å². The normalized spacial score (nSPS) is 39.8. The fraction of sp³-hybridized carbons (Fsp3) is 0.862. The Balaban J connectivity index is 1.33. The summed E-state index contributed by atoms with van der Waals surface area (Å²) < 4.78 is 32.9. The van der Waals surface area contributed by atoms with E-state index in [-0.39, 0.29) is 45.3 Å². The van der Waals surface area contributed by atoms with Crippen molar-refractivity contribution in [3.05, 3.63) is 0 Å². The van der Waals surface area contributed by atoms with Crippen LogP contribution in [0.4, 0.5) is 0 Å². The van der Waals surface area contributed by atoms with Gasteiger partial charge in [-0.2, -0.15) is 0 Å². The van der Waals surface area contributed by atoms with Crippen LogP contribution < -0.4 is 5.32 Å². The monoisotopic (exact) mass is 758 g/mol. The van der Waals surface area contributed by atoms with E-state index in [0.717, 1.165) is 0 Å². The van der Waals surface area contributed by atoms with Crippen LogP contribution in [-0.2, 0) is 52.4 Å². The van der Waals surface area contributed by atoms with Crippen LogP contribution in [0.15, 0.2) is 0 Å². The van der Waals surface area contributed by atoms with Gasteiger partial charge in [-0.25, -0.2) is 4.79 Å². The van der Waals surface area contributed by atoms with E-state index in [4.69, 9.17) is 33.3 Å². The number of rotatable bonds is 16. The molecule has 52 heavy (non-hydrogen) atoms. The van der Waals surface area contributed by atoms with E-state index in [2.05, 4.69) is 5.32 Å². The number of carbonyl (C=O) groups excluding carboxylic acids is 4. The summed E-state index contributed by atoms with van der Waals surface area (Å²) in [6.07, 6.45) is -26.1. The molecule has 4 fully saturated rings. The van der Waals surface area contributed by atoms with Crippen molar-refractivity contribution in [3.63, 3.8) is 0 Å². The number of nitrogens with zero attached hydrogens (tertiary/aromatic N) is 1. The molecule has 298 valence electrons. The summed E-state index contributed by atoms with van der Waals surface area (Å²) in [6.45, 7) is -2.71. The molecule has 0 aliphatic carbocycles. The molecule has 4 saturated heterocycles. The van der Waals surface area contributed by atoms with Gasteiger partial charge in [0.2, 0.25) is 5.91 Å². The van der Waals surface area contributed by atoms with Crippen LogP contribution in [-0.4, -0.2) is 205 Å². The SMILES string of the molecule is O=C(CCCC(=O)ON1C(=O)CCC1=O)NCCO[C@H]1O[C@H](CO[C@H]2O[C@H](CO)[C@@H](O)[C@H](O)[C@@H]2O)[C@@H](O)[C@H](O[C@H]2O[C@H](CO)[C@@H](O)[C@H](O)[C@@H]2O)[C@@H]1O. The first kappa shape index (κ1) is 42.2. The molecule has 4 rings (SSSR count). The van der Waals surface area contributed by atoms with Gasteiger partial charge in [-0.1, -0.05) is 0 Å². The van der Waals surface area contributed by atoms with Crippen LogP contribution in [0.5, 0.6) is 0 Å². The van der Waals surface area contributed by atoms with Gasteiger partial charge in [0.15, 0.2) is 18.9 Å². The van der Waals surface area contributed by atoms with Crippen LogP contribution in [0, 0.1) is 0 Å². The van der Waals surface area contributed by atoms with Gasteiger partial charge in [0.1, 0.15) is 73.2 Å². The van der Waals surface area contributed by atoms with Crippen molar-refractivity contribution in [3.8, 4) is 0 Å². The predicted molar refractivity (Wildman–Crippen MR) is 159 cm³/mol. The molecule has 11 N–H and O–H groups in total. The van der Waals surface area contributed by atoms with Crippen LogP contribution in [0.25, 0.3) is 0 Å². The second kappa shape index (κ2) is 19.2. The minimum absolute atomic E-state index is 0.0111. The number of carbonyl (C=O) groups is 4. The predicted octanol–water partition coefficient (Wildman–Crippen LogP) is -7.65. The largest absolute Gasteiger partial charge is 0.394 e. The van der Waals surface area contributed by atoms with Gasteiger partial charge in [0.25, 0.3) is 11.8 Å². The number of hydrogen-bond donors (Lipinski definition) is 11. The van der Waals surface area contributed by atoms with Gasteiger partial charge < -0.3 is 89.6 Å². The Hall–Kier alpha value is -2.56. The average Bonchev–Trinajstić information content (AvgIpc) is 3.43. The molecule has 15 atom stereocenters. The Bertz CT molecular complexity index is 1190. The zero-order valence-corrected chi connectivity index (χ0v) is 27.6. The van der Waals surface area contributed by atoms with Gasteiger partial charge in [0.05, 0.1) is 26.4 Å². The van der Waals surface area contributed by atoms with E-state index in [1.807, 2.05) is 0 Å². The Morgan fingerprint density at radius 2 is 1.21 bits per heavy atom. The van der Waals surface area contributed by atoms with E-state index >= 15 is 0 Å². The maximum absolute atomic E-state index is 12.3. The summed E-state index contributed by atoms with van der Waals surface area (Å²) in [5, 5.41) is 105. The average molecular weight is 759 g/mol. The molecule has 0 aromatic heterocycles. The molecule has 23 heteroatoms. The van der Waals surface area contributed by atoms with Crippen molar-refractivity contribution in [1.29, 1.82) is 0 Å². The highest BCUT2D eigenvalue weighted by atomic mass is 16.8. The third-order valence-corrected chi connectivity index (χ3v) is 8.74. The lowest BCUT2D eigenvalue weighted by Gasteiger charge is -2.46. The maximum atomic E-state index is 12.3. The zero-order valence-electron chi connectivity index (χ0n) is 27.6. The minimum atomic E-state index is -1.93. The molecule has 4 aliphatic heterocycles. The third kappa shape index (κ3) is 10.1. The van der Waals surface area contributed by atoms with Crippen LogP contribution in [0.2, 0.25) is 0 Å². The zero-order chi connectivity index (χ0) is 38.3. The van der Waals surface area contributed by atoms with E-state index in [0.29, 0.717) is 5.06 Å². The number of ether oxygens (including phenoxy) is 6. The van der Waals surface area contributed by atoms with Crippen molar-refractivity contribution < 1.29 is 104 Å². The van der Waals surface area contributed by atoms with Gasteiger partial charge >= 0.3 is 5.97 Å². The summed E-state index contributed by atoms with van der Waals surface area (Å²) >= 11 is 0. The Labute approximate surface area is 295 Å². The molecule has 0 spiro atoms. The van der Waals surface area contributed by atoms with Gasteiger partial charge in [0, 0.05) is 32.2 Å². The molecule has 4 aliphatic rings. The molecule has 0 unspecified atom stereocenters. The van der Waals surface area contributed by atoms with E-state index in [9.17, 15) is 70.2 Å².